The van der Waals surface area contributed by atoms with Gasteiger partial charge in [0, 0.05) is 18.1 Å². The molecule has 1 aromatic rings. The van der Waals surface area contributed by atoms with Gasteiger partial charge in [-0.2, -0.15) is 13.1 Å². The van der Waals surface area contributed by atoms with Crippen LogP contribution in [0.4, 0.5) is 5.69 Å². The molecule has 0 spiro atoms. The summed E-state index contributed by atoms with van der Waals surface area (Å²) in [6.07, 6.45) is 0.627. The second-order valence-electron chi connectivity index (χ2n) is 5.88. The third-order valence-electron chi connectivity index (χ3n) is 2.97. The summed E-state index contributed by atoms with van der Waals surface area (Å²) in [5.41, 5.74) is 7.09. The van der Waals surface area contributed by atoms with Crippen LogP contribution in [0, 0.1) is 0 Å². The molecule has 2 rings (SSSR count). The van der Waals surface area contributed by atoms with E-state index in [9.17, 15) is 8.42 Å². The van der Waals surface area contributed by atoms with Crippen LogP contribution in [0.15, 0.2) is 24.3 Å². The van der Waals surface area contributed by atoms with Gasteiger partial charge in [-0.05, 0) is 38.8 Å². The average molecular weight is 283 g/mol. The number of benzene rings is 1. The third kappa shape index (κ3) is 3.08. The topological polar surface area (TPSA) is 75.4 Å². The Labute approximate surface area is 115 Å². The van der Waals surface area contributed by atoms with Crippen molar-refractivity contribution >= 4 is 15.9 Å². The number of nitrogens with one attached hydrogen (secondary N) is 1. The van der Waals surface area contributed by atoms with Crippen LogP contribution in [0.3, 0.4) is 0 Å². The molecule has 3 N–H and O–H groups in total. The van der Waals surface area contributed by atoms with Crippen molar-refractivity contribution in [1.82, 2.24) is 4.72 Å². The molecule has 1 aliphatic heterocycles. The number of para-hydroxylation sites is 1. The number of rotatable bonds is 2. The van der Waals surface area contributed by atoms with Crippen LogP contribution in [0.25, 0.3) is 0 Å². The lowest BCUT2D eigenvalue weighted by atomic mass is 9.99. The fourth-order valence-electron chi connectivity index (χ4n) is 2.25. The smallest absolute Gasteiger partial charge is 0.302 e. The van der Waals surface area contributed by atoms with E-state index in [0.717, 1.165) is 5.56 Å². The Kier molecular flexibility index (Phi) is 3.59. The molecule has 19 heavy (non-hydrogen) atoms. The summed E-state index contributed by atoms with van der Waals surface area (Å²) in [5, 5.41) is 0. The standard InChI is InChI=1S/C13H21N3O2S/c1-13(2,3)15-19(17,18)16-9-8-11(14)10-6-4-5-7-12(10)16/h4-7,11,15H,8-9,14H2,1-3H3. The zero-order chi connectivity index (χ0) is 14.3. The zero-order valence-electron chi connectivity index (χ0n) is 11.6. The van der Waals surface area contributed by atoms with Crippen molar-refractivity contribution in [3.63, 3.8) is 0 Å². The van der Waals surface area contributed by atoms with Crippen molar-refractivity contribution in [3.05, 3.63) is 29.8 Å². The van der Waals surface area contributed by atoms with E-state index in [1.807, 2.05) is 39.0 Å². The van der Waals surface area contributed by atoms with Gasteiger partial charge < -0.3 is 5.73 Å². The zero-order valence-corrected chi connectivity index (χ0v) is 12.4. The number of fused-ring (bicyclic) bond motifs is 1. The molecule has 0 aliphatic carbocycles. The van der Waals surface area contributed by atoms with Gasteiger partial charge in [0.25, 0.3) is 0 Å². The van der Waals surface area contributed by atoms with Crippen molar-refractivity contribution in [2.24, 2.45) is 5.73 Å². The first-order valence-electron chi connectivity index (χ1n) is 6.37. The van der Waals surface area contributed by atoms with Gasteiger partial charge in [0.2, 0.25) is 0 Å². The van der Waals surface area contributed by atoms with Gasteiger partial charge in [-0.1, -0.05) is 18.2 Å². The fraction of sp³-hybridized carbons (Fsp3) is 0.538. The highest BCUT2D eigenvalue weighted by atomic mass is 32.2. The molecule has 0 amide bonds. The number of hydrogen-bond acceptors (Lipinski definition) is 3. The largest absolute Gasteiger partial charge is 0.324 e. The first kappa shape index (κ1) is 14.3. The maximum atomic E-state index is 12.4. The van der Waals surface area contributed by atoms with E-state index in [0.29, 0.717) is 18.7 Å². The average Bonchev–Trinajstić information content (AvgIpc) is 2.26. The molecule has 5 nitrogen and oxygen atoms in total. The van der Waals surface area contributed by atoms with Crippen LogP contribution in [0.1, 0.15) is 38.8 Å². The van der Waals surface area contributed by atoms with Crippen LogP contribution in [-0.2, 0) is 10.2 Å². The minimum Gasteiger partial charge on any atom is -0.324 e. The van der Waals surface area contributed by atoms with Crippen molar-refractivity contribution < 1.29 is 8.42 Å². The molecule has 0 radical (unpaired) electrons. The van der Waals surface area contributed by atoms with Crippen molar-refractivity contribution in [3.8, 4) is 0 Å². The first-order chi connectivity index (χ1) is 8.71. The van der Waals surface area contributed by atoms with Crippen LogP contribution in [0.5, 0.6) is 0 Å². The van der Waals surface area contributed by atoms with E-state index in [1.165, 1.54) is 4.31 Å². The van der Waals surface area contributed by atoms with Crippen molar-refractivity contribution in [1.29, 1.82) is 0 Å². The summed E-state index contributed by atoms with van der Waals surface area (Å²) in [5.74, 6) is 0. The number of nitrogens with two attached hydrogens (primary N) is 1. The molecule has 106 valence electrons. The maximum Gasteiger partial charge on any atom is 0.302 e. The second-order valence-corrected chi connectivity index (χ2v) is 7.48. The van der Waals surface area contributed by atoms with Gasteiger partial charge in [-0.3, -0.25) is 4.31 Å². The van der Waals surface area contributed by atoms with E-state index < -0.39 is 15.7 Å². The summed E-state index contributed by atoms with van der Waals surface area (Å²) in [7, 11) is -3.55. The van der Waals surface area contributed by atoms with Crippen LogP contribution in [0.2, 0.25) is 0 Å². The van der Waals surface area contributed by atoms with Gasteiger partial charge in [0.15, 0.2) is 0 Å². The lowest BCUT2D eigenvalue weighted by Crippen LogP contribution is -2.51. The molecule has 6 heteroatoms. The molecule has 0 bridgehead atoms. The van der Waals surface area contributed by atoms with E-state index in [-0.39, 0.29) is 6.04 Å². The molecule has 0 saturated heterocycles. The Bertz CT molecular complexity index is 563. The predicted molar refractivity (Wildman–Crippen MR) is 77.1 cm³/mol. The summed E-state index contributed by atoms with van der Waals surface area (Å²) in [6.45, 7) is 5.88. The molecule has 1 unspecified atom stereocenters. The lowest BCUT2D eigenvalue weighted by Gasteiger charge is -2.35. The fourth-order valence-corrected chi connectivity index (χ4v) is 3.91. The van der Waals surface area contributed by atoms with Gasteiger partial charge in [0.05, 0.1) is 5.69 Å². The van der Waals surface area contributed by atoms with E-state index in [1.54, 1.807) is 6.07 Å². The summed E-state index contributed by atoms with van der Waals surface area (Å²) in [4.78, 5) is 0. The van der Waals surface area contributed by atoms with Crippen molar-refractivity contribution in [2.75, 3.05) is 10.8 Å². The van der Waals surface area contributed by atoms with Gasteiger partial charge in [-0.25, -0.2) is 0 Å². The Hall–Kier alpha value is -1.11. The quantitative estimate of drug-likeness (QED) is 0.864. The monoisotopic (exact) mass is 283 g/mol. The molecular formula is C13H21N3O2S. The van der Waals surface area contributed by atoms with Gasteiger partial charge >= 0.3 is 10.2 Å². The summed E-state index contributed by atoms with van der Waals surface area (Å²) in [6, 6.07) is 7.30. The Balaban J connectivity index is 2.40. The van der Waals surface area contributed by atoms with Crippen LogP contribution >= 0.6 is 0 Å². The highest BCUT2D eigenvalue weighted by Crippen LogP contribution is 2.33. The first-order valence-corrected chi connectivity index (χ1v) is 7.81. The molecule has 0 saturated carbocycles. The normalized spacial score (nSPS) is 20.2. The Morgan fingerprint density at radius 2 is 1.95 bits per heavy atom. The number of hydrogen-bond donors (Lipinski definition) is 2. The molecule has 1 atom stereocenters. The van der Waals surface area contributed by atoms with E-state index in [4.69, 9.17) is 5.73 Å². The van der Waals surface area contributed by atoms with Crippen LogP contribution < -0.4 is 14.8 Å². The molecule has 1 heterocycles. The van der Waals surface area contributed by atoms with Crippen LogP contribution in [-0.4, -0.2) is 20.5 Å². The summed E-state index contributed by atoms with van der Waals surface area (Å²) >= 11 is 0. The Morgan fingerprint density at radius 3 is 2.58 bits per heavy atom. The van der Waals surface area contributed by atoms with E-state index in [2.05, 4.69) is 4.72 Å². The lowest BCUT2D eigenvalue weighted by molar-refractivity contribution is 0.485. The third-order valence-corrected chi connectivity index (χ3v) is 4.80. The van der Waals surface area contributed by atoms with Gasteiger partial charge in [0.1, 0.15) is 0 Å². The predicted octanol–water partition coefficient (Wildman–Crippen LogP) is 1.53. The molecule has 0 fully saturated rings. The maximum absolute atomic E-state index is 12.4. The minimum atomic E-state index is -3.55. The van der Waals surface area contributed by atoms with Crippen molar-refractivity contribution in [2.45, 2.75) is 38.8 Å². The minimum absolute atomic E-state index is 0.0997. The Morgan fingerprint density at radius 1 is 1.32 bits per heavy atom. The summed E-state index contributed by atoms with van der Waals surface area (Å²) < 4.78 is 29.0. The highest BCUT2D eigenvalue weighted by molar-refractivity contribution is 7.90. The molecule has 1 aromatic carbocycles. The second kappa shape index (κ2) is 4.77. The molecular weight excluding hydrogens is 262 g/mol. The van der Waals surface area contributed by atoms with Gasteiger partial charge in [-0.15, -0.1) is 0 Å². The highest BCUT2D eigenvalue weighted by Gasteiger charge is 2.32. The van der Waals surface area contributed by atoms with E-state index >= 15 is 0 Å². The molecule has 1 aliphatic rings. The number of nitrogens with zero attached hydrogens (tertiary/aromatic N) is 1. The number of anilines is 1. The molecule has 0 aromatic heterocycles. The SMILES string of the molecule is CC(C)(C)NS(=O)(=O)N1CCC(N)c2ccccc21.